The maximum atomic E-state index is 8.35. The van der Waals surface area contributed by atoms with E-state index in [4.69, 9.17) is 10.2 Å². The lowest BCUT2D eigenvalue weighted by Gasteiger charge is -2.00. The Morgan fingerprint density at radius 3 is 1.39 bits per heavy atom. The number of carbonyl (C=O) groups excluding carboxylic acids is 1. The van der Waals surface area contributed by atoms with E-state index in [0.717, 1.165) is 12.5 Å². The highest BCUT2D eigenvalue weighted by Gasteiger charge is 1.92. The van der Waals surface area contributed by atoms with Gasteiger partial charge < -0.3 is 0 Å². The normalized spacial score (nSPS) is 7.78. The molecule has 0 unspecified atom stereocenters. The van der Waals surface area contributed by atoms with Crippen LogP contribution in [0.3, 0.4) is 0 Å². The number of hydrogen-bond donors (Lipinski definition) is 1. The standard InChI is InChI=1S/C13H12.C2H4.CHNO/c1-3-7-12(8-4-1)11-13-9-5-2-6-10-13;1-2;2-1-3/h1-10H,11H2;1-2H2;2H. The van der Waals surface area contributed by atoms with Crippen molar-refractivity contribution in [3.8, 4) is 0 Å². The molecule has 0 heterocycles. The van der Waals surface area contributed by atoms with Gasteiger partial charge in [-0.1, -0.05) is 60.7 Å². The predicted octanol–water partition coefficient (Wildman–Crippen LogP) is 3.98. The van der Waals surface area contributed by atoms with Crippen molar-refractivity contribution in [3.05, 3.63) is 84.9 Å². The molecule has 2 heteroatoms. The third kappa shape index (κ3) is 6.94. The Labute approximate surface area is 108 Å². The number of benzene rings is 2. The van der Waals surface area contributed by atoms with Crippen molar-refractivity contribution in [2.45, 2.75) is 6.42 Å². The Bertz CT molecular complexity index is 408. The molecule has 0 bridgehead atoms. The second-order valence-electron chi connectivity index (χ2n) is 3.25. The first-order valence-corrected chi connectivity index (χ1v) is 5.48. The smallest absolute Gasteiger partial charge is 0.222 e. The van der Waals surface area contributed by atoms with E-state index in [1.54, 1.807) is 0 Å². The lowest BCUT2D eigenvalue weighted by molar-refractivity contribution is 0.563. The minimum absolute atomic E-state index is 0.750. The molecule has 0 aliphatic carbocycles. The zero-order chi connectivity index (χ0) is 13.6. The summed E-state index contributed by atoms with van der Waals surface area (Å²) in [5, 5.41) is 5.40. The SMILES string of the molecule is C=C.N=C=O.c1ccc(Cc2ccccc2)cc1. The van der Waals surface area contributed by atoms with Gasteiger partial charge in [-0.25, -0.2) is 10.2 Å². The van der Waals surface area contributed by atoms with Gasteiger partial charge in [0, 0.05) is 0 Å². The van der Waals surface area contributed by atoms with Crippen LogP contribution in [0.5, 0.6) is 0 Å². The maximum Gasteiger partial charge on any atom is 0.231 e. The second-order valence-corrected chi connectivity index (χ2v) is 3.25. The molecule has 1 N–H and O–H groups in total. The monoisotopic (exact) mass is 239 g/mol. The second kappa shape index (κ2) is 11.1. The fraction of sp³-hybridized carbons (Fsp3) is 0.0625. The summed E-state index contributed by atoms with van der Waals surface area (Å²) in [6, 6.07) is 21.1. The molecule has 0 saturated heterocycles. The summed E-state index contributed by atoms with van der Waals surface area (Å²) in [6.45, 7) is 6.00. The molecule has 0 aliphatic heterocycles. The minimum Gasteiger partial charge on any atom is -0.222 e. The summed E-state index contributed by atoms with van der Waals surface area (Å²) >= 11 is 0. The molecule has 2 aromatic rings. The number of nitrogens with one attached hydrogen (secondary N) is 1. The summed E-state index contributed by atoms with van der Waals surface area (Å²) in [6.07, 6.45) is 1.78. The molecular weight excluding hydrogens is 222 g/mol. The van der Waals surface area contributed by atoms with E-state index in [-0.39, 0.29) is 0 Å². The van der Waals surface area contributed by atoms with Crippen LogP contribution in [-0.4, -0.2) is 6.08 Å². The molecule has 18 heavy (non-hydrogen) atoms. The van der Waals surface area contributed by atoms with Crippen molar-refractivity contribution >= 4 is 6.08 Å². The van der Waals surface area contributed by atoms with Gasteiger partial charge in [-0.3, -0.25) is 0 Å². The van der Waals surface area contributed by atoms with E-state index in [1.807, 2.05) is 0 Å². The van der Waals surface area contributed by atoms with E-state index in [2.05, 4.69) is 73.8 Å². The van der Waals surface area contributed by atoms with Crippen LogP contribution in [0, 0.1) is 5.41 Å². The van der Waals surface area contributed by atoms with Crippen molar-refractivity contribution in [2.24, 2.45) is 0 Å². The molecule has 0 aromatic heterocycles. The average Bonchev–Trinajstić information content (AvgIpc) is 2.44. The molecular formula is C16H17NO. The van der Waals surface area contributed by atoms with E-state index in [1.165, 1.54) is 11.1 Å². The summed E-state index contributed by atoms with van der Waals surface area (Å²) in [4.78, 5) is 8.35. The van der Waals surface area contributed by atoms with Gasteiger partial charge in [0.1, 0.15) is 0 Å². The minimum atomic E-state index is 0.750. The molecule has 0 atom stereocenters. The molecule has 2 aromatic carbocycles. The largest absolute Gasteiger partial charge is 0.231 e. The van der Waals surface area contributed by atoms with Crippen LogP contribution in [-0.2, 0) is 11.2 Å². The van der Waals surface area contributed by atoms with Crippen LogP contribution in [0.15, 0.2) is 73.8 Å². The molecule has 0 saturated carbocycles. The van der Waals surface area contributed by atoms with Crippen molar-refractivity contribution in [1.82, 2.24) is 0 Å². The van der Waals surface area contributed by atoms with Crippen molar-refractivity contribution in [2.75, 3.05) is 0 Å². The summed E-state index contributed by atoms with van der Waals surface area (Å²) in [5.74, 6) is 0. The molecule has 92 valence electrons. The molecule has 0 amide bonds. The number of hydrogen-bond acceptors (Lipinski definition) is 2. The highest BCUT2D eigenvalue weighted by Crippen LogP contribution is 2.07. The van der Waals surface area contributed by atoms with Gasteiger partial charge in [0.05, 0.1) is 0 Å². The fourth-order valence-corrected chi connectivity index (χ4v) is 1.43. The third-order valence-corrected chi connectivity index (χ3v) is 2.09. The third-order valence-electron chi connectivity index (χ3n) is 2.09. The van der Waals surface area contributed by atoms with E-state index < -0.39 is 0 Å². The Kier molecular flexibility index (Phi) is 9.56. The van der Waals surface area contributed by atoms with Crippen LogP contribution < -0.4 is 0 Å². The predicted molar refractivity (Wildman–Crippen MR) is 75.4 cm³/mol. The molecule has 2 nitrogen and oxygen atoms in total. The van der Waals surface area contributed by atoms with E-state index in [9.17, 15) is 0 Å². The van der Waals surface area contributed by atoms with Crippen molar-refractivity contribution in [3.63, 3.8) is 0 Å². The first kappa shape index (κ1) is 15.6. The summed E-state index contributed by atoms with van der Waals surface area (Å²) in [5.41, 5.74) is 2.74. The molecule has 0 spiro atoms. The lowest BCUT2D eigenvalue weighted by atomic mass is 10.1. The van der Waals surface area contributed by atoms with Crippen LogP contribution >= 0.6 is 0 Å². The Hall–Kier alpha value is -2.44. The lowest BCUT2D eigenvalue weighted by Crippen LogP contribution is -1.85. The van der Waals surface area contributed by atoms with Gasteiger partial charge >= 0.3 is 0 Å². The Morgan fingerprint density at radius 1 is 0.833 bits per heavy atom. The average molecular weight is 239 g/mol. The Balaban J connectivity index is 0.000000509. The van der Waals surface area contributed by atoms with Crippen LogP contribution in [0.2, 0.25) is 0 Å². The van der Waals surface area contributed by atoms with Crippen LogP contribution in [0.4, 0.5) is 0 Å². The van der Waals surface area contributed by atoms with Crippen molar-refractivity contribution < 1.29 is 4.79 Å². The molecule has 2 rings (SSSR count). The number of isocyanates is 1. The zero-order valence-corrected chi connectivity index (χ0v) is 10.3. The van der Waals surface area contributed by atoms with Gasteiger partial charge in [0.25, 0.3) is 0 Å². The van der Waals surface area contributed by atoms with Gasteiger partial charge in [-0.15, -0.1) is 13.2 Å². The van der Waals surface area contributed by atoms with E-state index in [0.29, 0.717) is 0 Å². The first-order chi connectivity index (χ1) is 8.86. The van der Waals surface area contributed by atoms with Gasteiger partial charge in [0.2, 0.25) is 6.08 Å². The highest BCUT2D eigenvalue weighted by atomic mass is 16.1. The first-order valence-electron chi connectivity index (χ1n) is 5.48. The zero-order valence-electron chi connectivity index (χ0n) is 10.3. The topological polar surface area (TPSA) is 40.9 Å². The van der Waals surface area contributed by atoms with Gasteiger partial charge in [-0.2, -0.15) is 0 Å². The summed E-state index contributed by atoms with van der Waals surface area (Å²) in [7, 11) is 0. The van der Waals surface area contributed by atoms with Crippen LogP contribution in [0.25, 0.3) is 0 Å². The highest BCUT2D eigenvalue weighted by molar-refractivity contribution is 5.26. The summed E-state index contributed by atoms with van der Waals surface area (Å²) < 4.78 is 0. The number of rotatable bonds is 2. The van der Waals surface area contributed by atoms with Gasteiger partial charge in [-0.05, 0) is 17.5 Å². The van der Waals surface area contributed by atoms with Crippen molar-refractivity contribution in [1.29, 1.82) is 5.41 Å². The van der Waals surface area contributed by atoms with E-state index >= 15 is 0 Å². The fourth-order valence-electron chi connectivity index (χ4n) is 1.43. The molecule has 0 aliphatic rings. The van der Waals surface area contributed by atoms with Gasteiger partial charge in [0.15, 0.2) is 0 Å². The molecule has 0 radical (unpaired) electrons. The maximum absolute atomic E-state index is 8.35. The quantitative estimate of drug-likeness (QED) is 0.480. The Morgan fingerprint density at radius 2 is 1.11 bits per heavy atom. The van der Waals surface area contributed by atoms with Crippen LogP contribution in [0.1, 0.15) is 11.1 Å². The molecule has 0 fully saturated rings.